The van der Waals surface area contributed by atoms with Gasteiger partial charge in [0.1, 0.15) is 10.8 Å². The molecule has 4 rings (SSSR count). The van der Waals surface area contributed by atoms with E-state index in [-0.39, 0.29) is 11.7 Å². The molecule has 2 heterocycles. The molecule has 0 saturated heterocycles. The smallest absolute Gasteiger partial charge is 0.234 e. The van der Waals surface area contributed by atoms with Crippen molar-refractivity contribution in [2.75, 3.05) is 18.2 Å². The molecule has 6 nitrogen and oxygen atoms in total. The van der Waals surface area contributed by atoms with Crippen LogP contribution in [-0.4, -0.2) is 33.4 Å². The minimum Gasteiger partial charge on any atom is -0.497 e. The zero-order valence-corrected chi connectivity index (χ0v) is 17.9. The molecule has 8 heteroatoms. The third-order valence-electron chi connectivity index (χ3n) is 4.21. The standard InChI is InChI=1S/C21H17BrN4O2S/c1-28-17-8-2-14(3-9-17)18-12-19-21(23-10-11-26(19)25-18)29-13-20(27)24-16-6-4-15(22)5-7-16/h2-12H,13H2,1H3,(H,24,27). The largest absolute Gasteiger partial charge is 0.497 e. The van der Waals surface area contributed by atoms with E-state index in [1.807, 2.05) is 54.6 Å². The molecule has 2 aromatic heterocycles. The summed E-state index contributed by atoms with van der Waals surface area (Å²) in [4.78, 5) is 16.7. The minimum absolute atomic E-state index is 0.0870. The fraction of sp³-hybridized carbons (Fsp3) is 0.0952. The van der Waals surface area contributed by atoms with Crippen LogP contribution in [0.5, 0.6) is 5.75 Å². The second kappa shape index (κ2) is 8.67. The number of hydrogen-bond acceptors (Lipinski definition) is 5. The number of benzene rings is 2. The number of ether oxygens (including phenoxy) is 1. The highest BCUT2D eigenvalue weighted by atomic mass is 79.9. The summed E-state index contributed by atoms with van der Waals surface area (Å²) in [6.07, 6.45) is 3.49. The Morgan fingerprint density at radius 3 is 2.66 bits per heavy atom. The Morgan fingerprint density at radius 1 is 1.17 bits per heavy atom. The normalized spacial score (nSPS) is 10.8. The van der Waals surface area contributed by atoms with Gasteiger partial charge in [-0.25, -0.2) is 9.50 Å². The highest BCUT2D eigenvalue weighted by molar-refractivity contribution is 9.10. The number of rotatable bonds is 6. The van der Waals surface area contributed by atoms with E-state index >= 15 is 0 Å². The van der Waals surface area contributed by atoms with Gasteiger partial charge >= 0.3 is 0 Å². The van der Waals surface area contributed by atoms with Crippen molar-refractivity contribution in [1.29, 1.82) is 0 Å². The molecule has 4 aromatic rings. The third-order valence-corrected chi connectivity index (χ3v) is 5.73. The molecule has 0 radical (unpaired) electrons. The molecule has 29 heavy (non-hydrogen) atoms. The van der Waals surface area contributed by atoms with Crippen LogP contribution < -0.4 is 10.1 Å². The molecule has 0 bridgehead atoms. The first-order valence-electron chi connectivity index (χ1n) is 8.79. The Morgan fingerprint density at radius 2 is 1.93 bits per heavy atom. The molecular formula is C21H17BrN4O2S. The van der Waals surface area contributed by atoms with Crippen LogP contribution in [0.4, 0.5) is 5.69 Å². The van der Waals surface area contributed by atoms with Gasteiger partial charge in [0.05, 0.1) is 24.1 Å². The third kappa shape index (κ3) is 4.60. The number of nitrogens with one attached hydrogen (secondary N) is 1. The number of methoxy groups -OCH3 is 1. The van der Waals surface area contributed by atoms with Crippen molar-refractivity contribution in [3.05, 3.63) is 71.5 Å². The molecule has 0 spiro atoms. The first-order chi connectivity index (χ1) is 14.1. The summed E-state index contributed by atoms with van der Waals surface area (Å²) < 4.78 is 7.95. The van der Waals surface area contributed by atoms with Crippen molar-refractivity contribution >= 4 is 44.8 Å². The zero-order valence-electron chi connectivity index (χ0n) is 15.5. The summed E-state index contributed by atoms with van der Waals surface area (Å²) in [7, 11) is 1.64. The Hall–Kier alpha value is -2.84. The number of hydrogen-bond donors (Lipinski definition) is 1. The second-order valence-electron chi connectivity index (χ2n) is 6.16. The lowest BCUT2D eigenvalue weighted by Crippen LogP contribution is -2.14. The minimum atomic E-state index is -0.0870. The average molecular weight is 469 g/mol. The molecule has 0 atom stereocenters. The van der Waals surface area contributed by atoms with Gasteiger partial charge in [-0.3, -0.25) is 4.79 Å². The van der Waals surface area contributed by atoms with E-state index in [1.54, 1.807) is 24.0 Å². The molecule has 146 valence electrons. The fourth-order valence-electron chi connectivity index (χ4n) is 2.78. The predicted octanol–water partition coefficient (Wildman–Crippen LogP) is 4.90. The molecule has 0 fully saturated rings. The molecule has 0 aliphatic heterocycles. The van der Waals surface area contributed by atoms with Gasteiger partial charge in [-0.15, -0.1) is 0 Å². The number of fused-ring (bicyclic) bond motifs is 1. The maximum atomic E-state index is 12.3. The lowest BCUT2D eigenvalue weighted by molar-refractivity contribution is -0.113. The quantitative estimate of drug-likeness (QED) is 0.407. The van der Waals surface area contributed by atoms with E-state index in [2.05, 4.69) is 31.3 Å². The van der Waals surface area contributed by atoms with Crippen LogP contribution in [0.25, 0.3) is 16.8 Å². The van der Waals surface area contributed by atoms with E-state index in [0.717, 1.165) is 37.7 Å². The van der Waals surface area contributed by atoms with E-state index in [0.29, 0.717) is 0 Å². The van der Waals surface area contributed by atoms with Gasteiger partial charge in [0.15, 0.2) is 0 Å². The predicted molar refractivity (Wildman–Crippen MR) is 118 cm³/mol. The Labute approximate surface area is 180 Å². The van der Waals surface area contributed by atoms with Crippen molar-refractivity contribution in [3.63, 3.8) is 0 Å². The van der Waals surface area contributed by atoms with Crippen molar-refractivity contribution < 1.29 is 9.53 Å². The van der Waals surface area contributed by atoms with E-state index in [9.17, 15) is 4.79 Å². The lowest BCUT2D eigenvalue weighted by Gasteiger charge is -2.05. The summed E-state index contributed by atoms with van der Waals surface area (Å²) in [5, 5.41) is 8.26. The number of carbonyl (C=O) groups excluding carboxylic acids is 1. The van der Waals surface area contributed by atoms with Crippen LogP contribution in [0.2, 0.25) is 0 Å². The molecule has 0 aliphatic carbocycles. The second-order valence-corrected chi connectivity index (χ2v) is 8.04. The van der Waals surface area contributed by atoms with Gasteiger partial charge in [0.25, 0.3) is 0 Å². The summed E-state index contributed by atoms with van der Waals surface area (Å²) in [6.45, 7) is 0. The monoisotopic (exact) mass is 468 g/mol. The number of carbonyl (C=O) groups is 1. The Bertz CT molecular complexity index is 1140. The van der Waals surface area contributed by atoms with Crippen LogP contribution in [0.3, 0.4) is 0 Å². The molecule has 1 N–H and O–H groups in total. The van der Waals surface area contributed by atoms with Gasteiger partial charge in [-0.2, -0.15) is 5.10 Å². The van der Waals surface area contributed by atoms with E-state index in [4.69, 9.17) is 4.74 Å². The maximum Gasteiger partial charge on any atom is 0.234 e. The van der Waals surface area contributed by atoms with Crippen molar-refractivity contribution in [2.45, 2.75) is 5.03 Å². The number of anilines is 1. The molecule has 0 aliphatic rings. The molecule has 0 unspecified atom stereocenters. The van der Waals surface area contributed by atoms with Crippen LogP contribution in [-0.2, 0) is 4.79 Å². The SMILES string of the molecule is COc1ccc(-c2cc3c(SCC(=O)Nc4ccc(Br)cc4)nccn3n2)cc1. The number of aromatic nitrogens is 3. The maximum absolute atomic E-state index is 12.3. The van der Waals surface area contributed by atoms with Crippen molar-refractivity contribution in [2.24, 2.45) is 0 Å². The number of nitrogens with zero attached hydrogens (tertiary/aromatic N) is 3. The number of amides is 1. The number of thioether (sulfide) groups is 1. The molecule has 2 aromatic carbocycles. The van der Waals surface area contributed by atoms with Gasteiger partial charge in [-0.1, -0.05) is 27.7 Å². The van der Waals surface area contributed by atoms with Gasteiger partial charge in [0.2, 0.25) is 5.91 Å². The lowest BCUT2D eigenvalue weighted by atomic mass is 10.1. The van der Waals surface area contributed by atoms with Crippen LogP contribution in [0, 0.1) is 0 Å². The Kier molecular flexibility index (Phi) is 5.82. The first-order valence-corrected chi connectivity index (χ1v) is 10.6. The van der Waals surface area contributed by atoms with Crippen LogP contribution >= 0.6 is 27.7 Å². The zero-order chi connectivity index (χ0) is 20.2. The van der Waals surface area contributed by atoms with Gasteiger partial charge in [0, 0.05) is 28.1 Å². The van der Waals surface area contributed by atoms with E-state index < -0.39 is 0 Å². The van der Waals surface area contributed by atoms with Crippen LogP contribution in [0.1, 0.15) is 0 Å². The highest BCUT2D eigenvalue weighted by Gasteiger charge is 2.12. The van der Waals surface area contributed by atoms with Gasteiger partial charge < -0.3 is 10.1 Å². The highest BCUT2D eigenvalue weighted by Crippen LogP contribution is 2.27. The summed E-state index contributed by atoms with van der Waals surface area (Å²) in [5.74, 6) is 0.967. The van der Waals surface area contributed by atoms with Crippen LogP contribution in [0.15, 0.2) is 76.5 Å². The molecule has 1 amide bonds. The Balaban J connectivity index is 1.49. The first kappa shape index (κ1) is 19.5. The average Bonchev–Trinajstić information content (AvgIpc) is 3.19. The van der Waals surface area contributed by atoms with E-state index in [1.165, 1.54) is 11.8 Å². The topological polar surface area (TPSA) is 68.5 Å². The number of halogens is 1. The summed E-state index contributed by atoms with van der Waals surface area (Å²) >= 11 is 4.76. The summed E-state index contributed by atoms with van der Waals surface area (Å²) in [6, 6.07) is 17.2. The molecular weight excluding hydrogens is 452 g/mol. The molecule has 0 saturated carbocycles. The van der Waals surface area contributed by atoms with Crippen molar-refractivity contribution in [3.8, 4) is 17.0 Å². The van der Waals surface area contributed by atoms with Gasteiger partial charge in [-0.05, 0) is 54.6 Å². The summed E-state index contributed by atoms with van der Waals surface area (Å²) in [5.41, 5.74) is 3.44. The fourth-order valence-corrected chi connectivity index (χ4v) is 3.82. The van der Waals surface area contributed by atoms with Crippen molar-refractivity contribution in [1.82, 2.24) is 14.6 Å².